The monoisotopic (exact) mass is 332 g/mol. The van der Waals surface area contributed by atoms with E-state index in [0.717, 1.165) is 10.7 Å². The molecule has 1 aliphatic rings. The maximum Gasteiger partial charge on any atom is 0.323 e. The zero-order valence-corrected chi connectivity index (χ0v) is 14.0. The quantitative estimate of drug-likeness (QED) is 0.875. The van der Waals surface area contributed by atoms with E-state index in [1.54, 1.807) is 24.8 Å². The molecule has 6 nitrogen and oxygen atoms in total. The zero-order chi connectivity index (χ0) is 16.4. The van der Waals surface area contributed by atoms with Crippen molar-refractivity contribution in [1.82, 2.24) is 20.3 Å². The van der Waals surface area contributed by atoms with Gasteiger partial charge in [0.2, 0.25) is 0 Å². The molecule has 0 aromatic carbocycles. The van der Waals surface area contributed by atoms with Crippen LogP contribution in [0.3, 0.4) is 0 Å². The van der Waals surface area contributed by atoms with Crippen LogP contribution in [0.5, 0.6) is 0 Å². The average Bonchev–Trinajstić information content (AvgIpc) is 3.15. The number of nitrogens with one attached hydrogen (secondary N) is 1. The van der Waals surface area contributed by atoms with Crippen LogP contribution in [-0.2, 0) is 4.79 Å². The molecule has 23 heavy (non-hydrogen) atoms. The summed E-state index contributed by atoms with van der Waals surface area (Å²) in [6.07, 6.45) is 7.81. The van der Waals surface area contributed by atoms with Crippen LogP contribution in [0.25, 0.3) is 0 Å². The van der Waals surface area contributed by atoms with Crippen molar-refractivity contribution in [2.24, 2.45) is 5.92 Å². The predicted octanol–water partition coefficient (Wildman–Crippen LogP) is 2.62. The molecule has 0 radical (unpaired) electrons. The standard InChI is InChI=1S/C16H20N4O2S/c1-10(2)7-16(15(21)22)8-11(12-9-17-3-4-18-12)13(20-16)14-19-5-6-23-14/h3-6,9-11,13,20H,7-8H2,1-2H3,(H,21,22)/t11-,13-,16+/m1/s1. The molecule has 0 amide bonds. The molecular formula is C16H20N4O2S. The zero-order valence-electron chi connectivity index (χ0n) is 13.1. The number of aromatic nitrogens is 3. The Bertz CT molecular complexity index is 662. The van der Waals surface area contributed by atoms with Gasteiger partial charge in [0.05, 0.1) is 11.7 Å². The van der Waals surface area contributed by atoms with Crippen LogP contribution in [-0.4, -0.2) is 31.6 Å². The Kier molecular flexibility index (Phi) is 4.41. The number of carboxylic acids is 1. The molecule has 0 saturated carbocycles. The van der Waals surface area contributed by atoms with Gasteiger partial charge in [-0.05, 0) is 18.8 Å². The third-order valence-electron chi connectivity index (χ3n) is 4.25. The van der Waals surface area contributed by atoms with Crippen molar-refractivity contribution in [3.8, 4) is 0 Å². The van der Waals surface area contributed by atoms with Crippen molar-refractivity contribution in [2.45, 2.75) is 44.2 Å². The van der Waals surface area contributed by atoms with E-state index >= 15 is 0 Å². The highest BCUT2D eigenvalue weighted by molar-refractivity contribution is 7.09. The summed E-state index contributed by atoms with van der Waals surface area (Å²) >= 11 is 1.54. The van der Waals surface area contributed by atoms with E-state index in [4.69, 9.17) is 0 Å². The molecule has 2 aromatic heterocycles. The molecule has 1 aliphatic heterocycles. The highest BCUT2D eigenvalue weighted by atomic mass is 32.1. The lowest BCUT2D eigenvalue weighted by molar-refractivity contribution is -0.145. The number of hydrogen-bond acceptors (Lipinski definition) is 6. The van der Waals surface area contributed by atoms with Crippen LogP contribution in [0.2, 0.25) is 0 Å². The SMILES string of the molecule is CC(C)C[C@@]1(C(=O)O)C[C@H](c2cnccn2)[C@H](c2nccs2)N1. The van der Waals surface area contributed by atoms with Gasteiger partial charge in [0.25, 0.3) is 0 Å². The summed E-state index contributed by atoms with van der Waals surface area (Å²) in [5, 5.41) is 16.1. The van der Waals surface area contributed by atoms with E-state index < -0.39 is 11.5 Å². The van der Waals surface area contributed by atoms with Gasteiger partial charge in [-0.1, -0.05) is 13.8 Å². The fourth-order valence-electron chi connectivity index (χ4n) is 3.43. The van der Waals surface area contributed by atoms with Gasteiger partial charge in [0.1, 0.15) is 10.5 Å². The van der Waals surface area contributed by atoms with Gasteiger partial charge in [-0.2, -0.15) is 0 Å². The van der Waals surface area contributed by atoms with Crippen LogP contribution in [0, 0.1) is 5.92 Å². The maximum atomic E-state index is 12.0. The highest BCUT2D eigenvalue weighted by Gasteiger charge is 2.52. The summed E-state index contributed by atoms with van der Waals surface area (Å²) < 4.78 is 0. The molecule has 1 fully saturated rings. The lowest BCUT2D eigenvalue weighted by Gasteiger charge is -2.27. The van der Waals surface area contributed by atoms with Gasteiger partial charge in [-0.15, -0.1) is 11.3 Å². The first-order valence-corrected chi connectivity index (χ1v) is 8.56. The van der Waals surface area contributed by atoms with E-state index in [1.165, 1.54) is 11.3 Å². The van der Waals surface area contributed by atoms with Gasteiger partial charge in [0, 0.05) is 36.1 Å². The van der Waals surface area contributed by atoms with Crippen molar-refractivity contribution >= 4 is 17.3 Å². The van der Waals surface area contributed by atoms with E-state index in [9.17, 15) is 9.90 Å². The fraction of sp³-hybridized carbons (Fsp3) is 0.500. The van der Waals surface area contributed by atoms with E-state index in [0.29, 0.717) is 12.8 Å². The van der Waals surface area contributed by atoms with E-state index in [1.807, 2.05) is 19.2 Å². The second kappa shape index (κ2) is 6.33. The van der Waals surface area contributed by atoms with Gasteiger partial charge in [0.15, 0.2) is 0 Å². The smallest absolute Gasteiger partial charge is 0.323 e. The molecule has 3 rings (SSSR count). The highest BCUT2D eigenvalue weighted by Crippen LogP contribution is 2.46. The minimum absolute atomic E-state index is 0.0512. The van der Waals surface area contributed by atoms with Gasteiger partial charge in [-0.3, -0.25) is 20.1 Å². The maximum absolute atomic E-state index is 12.0. The summed E-state index contributed by atoms with van der Waals surface area (Å²) in [7, 11) is 0. The Morgan fingerprint density at radius 1 is 1.43 bits per heavy atom. The summed E-state index contributed by atoms with van der Waals surface area (Å²) in [6.45, 7) is 4.08. The molecule has 7 heteroatoms. The third-order valence-corrected chi connectivity index (χ3v) is 5.11. The van der Waals surface area contributed by atoms with Gasteiger partial charge in [-0.25, -0.2) is 4.98 Å². The Labute approximate surface area is 139 Å². The van der Waals surface area contributed by atoms with Crippen LogP contribution >= 0.6 is 11.3 Å². The van der Waals surface area contributed by atoms with Crippen molar-refractivity contribution in [2.75, 3.05) is 0 Å². The number of carbonyl (C=O) groups is 1. The molecule has 0 aliphatic carbocycles. The molecule has 2 aromatic rings. The molecule has 2 N–H and O–H groups in total. The van der Waals surface area contributed by atoms with E-state index in [2.05, 4.69) is 20.3 Å². The van der Waals surface area contributed by atoms with Gasteiger partial charge < -0.3 is 5.11 Å². The average molecular weight is 332 g/mol. The summed E-state index contributed by atoms with van der Waals surface area (Å²) in [5.41, 5.74) is -0.140. The first-order chi connectivity index (χ1) is 11.0. The number of carboxylic acid groups (broad SMARTS) is 1. The topological polar surface area (TPSA) is 88.0 Å². The minimum Gasteiger partial charge on any atom is -0.480 e. The van der Waals surface area contributed by atoms with Crippen LogP contribution < -0.4 is 5.32 Å². The van der Waals surface area contributed by atoms with Crippen molar-refractivity contribution in [1.29, 1.82) is 0 Å². The molecule has 3 atom stereocenters. The molecule has 122 valence electrons. The predicted molar refractivity (Wildman–Crippen MR) is 87.2 cm³/mol. The number of hydrogen-bond donors (Lipinski definition) is 2. The number of aliphatic carboxylic acids is 1. The molecule has 0 spiro atoms. The molecule has 3 heterocycles. The Morgan fingerprint density at radius 3 is 2.83 bits per heavy atom. The largest absolute Gasteiger partial charge is 0.480 e. The first kappa shape index (κ1) is 16.0. The number of nitrogens with zero attached hydrogens (tertiary/aromatic N) is 3. The van der Waals surface area contributed by atoms with Gasteiger partial charge >= 0.3 is 5.97 Å². The summed E-state index contributed by atoms with van der Waals surface area (Å²) in [5.74, 6) is -0.583. The van der Waals surface area contributed by atoms with Crippen LogP contribution in [0.15, 0.2) is 30.2 Å². The second-order valence-electron chi connectivity index (χ2n) is 6.42. The molecule has 0 bridgehead atoms. The second-order valence-corrected chi connectivity index (χ2v) is 7.34. The fourth-order valence-corrected chi connectivity index (χ4v) is 4.18. The minimum atomic E-state index is -0.952. The normalized spacial score (nSPS) is 27.4. The number of thiazole rings is 1. The van der Waals surface area contributed by atoms with Crippen molar-refractivity contribution < 1.29 is 9.90 Å². The van der Waals surface area contributed by atoms with Crippen LogP contribution in [0.1, 0.15) is 49.4 Å². The Morgan fingerprint density at radius 2 is 2.26 bits per heavy atom. The van der Waals surface area contributed by atoms with Crippen molar-refractivity contribution in [3.05, 3.63) is 40.9 Å². The lowest BCUT2D eigenvalue weighted by atomic mass is 9.83. The summed E-state index contributed by atoms with van der Waals surface area (Å²) in [6, 6.07) is -0.151. The van der Waals surface area contributed by atoms with E-state index in [-0.39, 0.29) is 17.9 Å². The van der Waals surface area contributed by atoms with Crippen LogP contribution in [0.4, 0.5) is 0 Å². The molecular weight excluding hydrogens is 312 g/mol. The molecule has 1 saturated heterocycles. The summed E-state index contributed by atoms with van der Waals surface area (Å²) in [4.78, 5) is 25.0. The number of rotatable bonds is 5. The molecule has 0 unspecified atom stereocenters. The Hall–Kier alpha value is -1.86. The van der Waals surface area contributed by atoms with Crippen molar-refractivity contribution in [3.63, 3.8) is 0 Å². The lowest BCUT2D eigenvalue weighted by Crippen LogP contribution is -2.49. The third kappa shape index (κ3) is 3.11. The Balaban J connectivity index is 2.00. The first-order valence-electron chi connectivity index (χ1n) is 7.68.